The number of rotatable bonds is 8. The normalized spacial score (nSPS) is 11.3. The van der Waals surface area contributed by atoms with Gasteiger partial charge in [-0.3, -0.25) is 9.36 Å². The Labute approximate surface area is 197 Å². The van der Waals surface area contributed by atoms with Crippen molar-refractivity contribution >= 4 is 30.0 Å². The molecule has 0 saturated carbocycles. The number of nitrogens with one attached hydrogen (secondary N) is 1. The van der Waals surface area contributed by atoms with Gasteiger partial charge < -0.3 is 0 Å². The highest BCUT2D eigenvalue weighted by molar-refractivity contribution is 7.99. The number of carbonyl (C=O) groups is 1. The summed E-state index contributed by atoms with van der Waals surface area (Å²) in [6.45, 7) is 2.05. The second-order valence-electron chi connectivity index (χ2n) is 7.21. The number of aryl methyl sites for hydroxylation is 1. The Hall–Kier alpha value is -3.97. The minimum atomic E-state index is -0.219. The van der Waals surface area contributed by atoms with E-state index in [-0.39, 0.29) is 11.7 Å². The zero-order valence-electron chi connectivity index (χ0n) is 18.1. The lowest BCUT2D eigenvalue weighted by Gasteiger charge is -2.10. The average Bonchev–Trinajstić information content (AvgIpc) is 3.28. The van der Waals surface area contributed by atoms with E-state index in [1.165, 1.54) is 17.3 Å². The first-order valence-electron chi connectivity index (χ1n) is 10.4. The van der Waals surface area contributed by atoms with Gasteiger partial charge in [0.2, 0.25) is 0 Å². The van der Waals surface area contributed by atoms with Crippen LogP contribution >= 0.6 is 11.8 Å². The number of amides is 1. The van der Waals surface area contributed by atoms with Crippen LogP contribution in [0.5, 0.6) is 0 Å². The smallest absolute Gasteiger partial charge is 0.250 e. The van der Waals surface area contributed by atoms with Gasteiger partial charge in [0.25, 0.3) is 5.91 Å². The Morgan fingerprint density at radius 1 is 0.970 bits per heavy atom. The van der Waals surface area contributed by atoms with Crippen LogP contribution in [0.2, 0.25) is 0 Å². The Morgan fingerprint density at radius 2 is 1.67 bits per heavy atom. The van der Waals surface area contributed by atoms with Crippen LogP contribution in [0.1, 0.15) is 11.1 Å². The van der Waals surface area contributed by atoms with E-state index in [9.17, 15) is 4.79 Å². The maximum Gasteiger partial charge on any atom is 0.250 e. The van der Waals surface area contributed by atoms with Gasteiger partial charge in [-0.25, -0.2) is 5.43 Å². The van der Waals surface area contributed by atoms with E-state index in [0.717, 1.165) is 22.6 Å². The molecule has 0 aliphatic rings. The largest absolute Gasteiger partial charge is 0.272 e. The quantitative estimate of drug-likeness (QED) is 0.227. The molecule has 164 valence electrons. The van der Waals surface area contributed by atoms with E-state index in [4.69, 9.17) is 0 Å². The zero-order chi connectivity index (χ0) is 22.9. The van der Waals surface area contributed by atoms with Gasteiger partial charge in [0.1, 0.15) is 0 Å². The number of hydrogen-bond donors (Lipinski definition) is 1. The van der Waals surface area contributed by atoms with E-state index >= 15 is 0 Å². The van der Waals surface area contributed by atoms with Crippen molar-refractivity contribution in [2.45, 2.75) is 12.1 Å². The molecule has 0 aliphatic heterocycles. The highest BCUT2D eigenvalue weighted by Gasteiger charge is 2.17. The first-order chi connectivity index (χ1) is 16.2. The van der Waals surface area contributed by atoms with Crippen molar-refractivity contribution < 1.29 is 4.79 Å². The molecule has 33 heavy (non-hydrogen) atoms. The van der Waals surface area contributed by atoms with Crippen LogP contribution in [0, 0.1) is 6.92 Å². The van der Waals surface area contributed by atoms with Gasteiger partial charge in [0, 0.05) is 17.5 Å². The molecule has 3 aromatic carbocycles. The Kier molecular flexibility index (Phi) is 7.45. The number of thioether (sulfide) groups is 1. The van der Waals surface area contributed by atoms with Crippen LogP contribution in [0.3, 0.4) is 0 Å². The lowest BCUT2D eigenvalue weighted by atomic mass is 10.1. The summed E-state index contributed by atoms with van der Waals surface area (Å²) in [5, 5.41) is 13.4. The van der Waals surface area contributed by atoms with Gasteiger partial charge in [0.05, 0.1) is 5.75 Å². The fourth-order valence-electron chi connectivity index (χ4n) is 3.10. The monoisotopic (exact) mass is 453 g/mol. The SMILES string of the molecule is Cc1ccc(-c2nnc(SCC(=O)NN=CC=Cc3ccccc3)n2-c2ccccc2)cc1. The molecule has 0 atom stereocenters. The van der Waals surface area contributed by atoms with Gasteiger partial charge in [-0.1, -0.05) is 96.2 Å². The molecule has 0 saturated heterocycles. The van der Waals surface area contributed by atoms with Gasteiger partial charge in [-0.05, 0) is 30.7 Å². The molecular formula is C26H23N5OS. The number of nitrogens with zero attached hydrogens (tertiary/aromatic N) is 4. The maximum atomic E-state index is 12.3. The second-order valence-corrected chi connectivity index (χ2v) is 8.16. The summed E-state index contributed by atoms with van der Waals surface area (Å²) in [6.07, 6.45) is 5.25. The molecule has 0 bridgehead atoms. The van der Waals surface area contributed by atoms with E-state index in [1.54, 1.807) is 12.3 Å². The summed E-state index contributed by atoms with van der Waals surface area (Å²) >= 11 is 1.31. The lowest BCUT2D eigenvalue weighted by molar-refractivity contribution is -0.118. The molecule has 0 fully saturated rings. The van der Waals surface area contributed by atoms with Crippen molar-refractivity contribution in [2.24, 2.45) is 5.10 Å². The van der Waals surface area contributed by atoms with Crippen LogP contribution in [0.4, 0.5) is 0 Å². The summed E-state index contributed by atoms with van der Waals surface area (Å²) in [5.74, 6) is 0.676. The van der Waals surface area contributed by atoms with E-state index in [2.05, 4.69) is 20.7 Å². The molecule has 0 unspecified atom stereocenters. The molecule has 6 nitrogen and oxygen atoms in total. The number of carbonyl (C=O) groups excluding carboxylic acids is 1. The molecule has 0 aliphatic carbocycles. The van der Waals surface area contributed by atoms with Crippen LogP contribution in [-0.4, -0.2) is 32.6 Å². The van der Waals surface area contributed by atoms with E-state index in [0.29, 0.717) is 5.16 Å². The van der Waals surface area contributed by atoms with Crippen molar-refractivity contribution in [3.05, 3.63) is 102 Å². The van der Waals surface area contributed by atoms with Crippen LogP contribution in [0.25, 0.3) is 23.2 Å². The number of aromatic nitrogens is 3. The highest BCUT2D eigenvalue weighted by Crippen LogP contribution is 2.28. The van der Waals surface area contributed by atoms with Crippen LogP contribution in [-0.2, 0) is 4.79 Å². The number of hydrogen-bond acceptors (Lipinski definition) is 5. The summed E-state index contributed by atoms with van der Waals surface area (Å²) in [7, 11) is 0. The van der Waals surface area contributed by atoms with E-state index in [1.807, 2.05) is 102 Å². The summed E-state index contributed by atoms with van der Waals surface area (Å²) in [6, 6.07) is 27.9. The van der Waals surface area contributed by atoms with Gasteiger partial charge in [0.15, 0.2) is 11.0 Å². The van der Waals surface area contributed by atoms with Crippen molar-refractivity contribution in [3.8, 4) is 17.1 Å². The topological polar surface area (TPSA) is 72.2 Å². The molecule has 4 rings (SSSR count). The van der Waals surface area contributed by atoms with Crippen LogP contribution in [0.15, 0.2) is 101 Å². The van der Waals surface area contributed by atoms with Gasteiger partial charge in [-0.15, -0.1) is 10.2 Å². The third-order valence-electron chi connectivity index (χ3n) is 4.73. The van der Waals surface area contributed by atoms with Gasteiger partial charge in [-0.2, -0.15) is 5.10 Å². The van der Waals surface area contributed by atoms with Crippen molar-refractivity contribution in [1.29, 1.82) is 0 Å². The number of benzene rings is 3. The molecule has 4 aromatic rings. The number of para-hydroxylation sites is 1. The van der Waals surface area contributed by atoms with Crippen molar-refractivity contribution in [3.63, 3.8) is 0 Å². The third-order valence-corrected chi connectivity index (χ3v) is 5.66. The van der Waals surface area contributed by atoms with Crippen molar-refractivity contribution in [1.82, 2.24) is 20.2 Å². The third kappa shape index (κ3) is 6.05. The summed E-state index contributed by atoms with van der Waals surface area (Å²) < 4.78 is 1.97. The lowest BCUT2D eigenvalue weighted by Crippen LogP contribution is -2.19. The molecule has 1 N–H and O–H groups in total. The number of allylic oxidation sites excluding steroid dienone is 1. The highest BCUT2D eigenvalue weighted by atomic mass is 32.2. The second kappa shape index (κ2) is 11.1. The predicted octanol–water partition coefficient (Wildman–Crippen LogP) is 5.15. The average molecular weight is 454 g/mol. The van der Waals surface area contributed by atoms with Crippen LogP contribution < -0.4 is 5.43 Å². The minimum absolute atomic E-state index is 0.165. The fourth-order valence-corrected chi connectivity index (χ4v) is 3.84. The molecule has 1 aromatic heterocycles. The minimum Gasteiger partial charge on any atom is -0.272 e. The fraction of sp³-hybridized carbons (Fsp3) is 0.0769. The Bertz CT molecular complexity index is 1250. The molecule has 0 radical (unpaired) electrons. The molecule has 7 heteroatoms. The number of hydrazone groups is 1. The summed E-state index contributed by atoms with van der Waals surface area (Å²) in [4.78, 5) is 12.3. The van der Waals surface area contributed by atoms with Gasteiger partial charge >= 0.3 is 0 Å². The standard InChI is InChI=1S/C26H23N5OS/c1-20-14-16-22(17-15-20)25-29-30-26(31(25)23-12-6-3-7-13-23)33-19-24(32)28-27-18-8-11-21-9-4-2-5-10-21/h2-18H,19H2,1H3,(H,28,32). The van der Waals surface area contributed by atoms with Crippen molar-refractivity contribution in [2.75, 3.05) is 5.75 Å². The predicted molar refractivity (Wildman–Crippen MR) is 134 cm³/mol. The Balaban J connectivity index is 1.43. The first kappa shape index (κ1) is 22.2. The molecule has 1 amide bonds. The molecular weight excluding hydrogens is 430 g/mol. The summed E-state index contributed by atoms with van der Waals surface area (Å²) in [5.41, 5.74) is 6.68. The maximum absolute atomic E-state index is 12.3. The van der Waals surface area contributed by atoms with E-state index < -0.39 is 0 Å². The first-order valence-corrected chi connectivity index (χ1v) is 11.4. The Morgan fingerprint density at radius 3 is 2.39 bits per heavy atom. The zero-order valence-corrected chi connectivity index (χ0v) is 18.9. The molecule has 1 heterocycles. The molecule has 0 spiro atoms.